The molecule has 4 nitrogen and oxygen atoms in total. The van der Waals surface area contributed by atoms with Crippen LogP contribution in [0.4, 0.5) is 0 Å². The Bertz CT molecular complexity index is 253. The van der Waals surface area contributed by atoms with Gasteiger partial charge >= 0.3 is 0 Å². The van der Waals surface area contributed by atoms with Crippen molar-refractivity contribution in [1.82, 2.24) is 0 Å². The molecule has 1 aromatic rings. The maximum absolute atomic E-state index is 10.4. The van der Waals surface area contributed by atoms with Crippen molar-refractivity contribution < 1.29 is 19.7 Å². The monoisotopic (exact) mass is 279 g/mol. The zero-order chi connectivity index (χ0) is 7.56. The van der Waals surface area contributed by atoms with Crippen LogP contribution in [-0.2, 0) is 11.1 Å². The van der Waals surface area contributed by atoms with E-state index in [0.29, 0.717) is 4.90 Å². The van der Waals surface area contributed by atoms with Gasteiger partial charge in [0, 0.05) is 34.0 Å². The van der Waals surface area contributed by atoms with Gasteiger partial charge in [-0.3, -0.25) is 0 Å². The van der Waals surface area contributed by atoms with Crippen molar-refractivity contribution in [2.45, 2.75) is 4.90 Å². The molecule has 0 spiro atoms. The first kappa shape index (κ1) is 19.3. The summed E-state index contributed by atoms with van der Waals surface area (Å²) in [5, 5.41) is 0. The second-order valence-electron chi connectivity index (χ2n) is 1.70. The van der Waals surface area contributed by atoms with Crippen molar-refractivity contribution in [1.29, 1.82) is 0 Å². The molecule has 0 bridgehead atoms. The number of rotatable bonds is 1. The third-order valence-corrected chi connectivity index (χ3v) is 2.22. The third kappa shape index (κ3) is 6.75. The molecule has 0 aliphatic rings. The topological polar surface area (TPSA) is 100 Å². The average molecular weight is 280 g/mol. The summed E-state index contributed by atoms with van der Waals surface area (Å²) in [5.41, 5.74) is 0. The molecule has 0 aliphatic heterocycles. The fraction of sp³-hybridized carbons (Fsp3) is 0. The van der Waals surface area contributed by atoms with Crippen LogP contribution in [-0.4, -0.2) is 49.3 Å². The van der Waals surface area contributed by atoms with E-state index in [1.165, 1.54) is 0 Å². The fourth-order valence-electron chi connectivity index (χ4n) is 0.551. The van der Waals surface area contributed by atoms with Gasteiger partial charge in [0.05, 0.1) is 4.90 Å². The van der Waals surface area contributed by atoms with Crippen LogP contribution in [0.2, 0.25) is 0 Å². The van der Waals surface area contributed by atoms with Gasteiger partial charge in [-0.25, -0.2) is 4.21 Å². The van der Waals surface area contributed by atoms with E-state index in [9.17, 15) is 4.21 Å². The molecule has 0 aromatic heterocycles. The molecule has 1 rings (SSSR count). The van der Waals surface area contributed by atoms with E-state index in [2.05, 4.69) is 15.9 Å². The molecular weight excluding hydrogens is 271 g/mol. The molecule has 0 saturated carbocycles. The van der Waals surface area contributed by atoms with Gasteiger partial charge in [-0.1, -0.05) is 15.9 Å². The maximum Gasteiger partial charge on any atom is 0.186 e. The molecule has 0 amide bonds. The average Bonchev–Trinajstić information content (AvgIpc) is 1.88. The molecule has 0 heterocycles. The van der Waals surface area contributed by atoms with Gasteiger partial charge in [-0.15, -0.1) is 0 Å². The maximum atomic E-state index is 10.4. The van der Waals surface area contributed by atoms with Crippen LogP contribution in [0.5, 0.6) is 0 Å². The second kappa shape index (κ2) is 9.29. The van der Waals surface area contributed by atoms with E-state index in [-0.39, 0.29) is 40.5 Å². The summed E-state index contributed by atoms with van der Waals surface area (Å²) in [5.74, 6) is 0. The van der Waals surface area contributed by atoms with Gasteiger partial charge in [-0.2, -0.15) is 0 Å². The largest absolute Gasteiger partial charge is 0.412 e. The van der Waals surface area contributed by atoms with E-state index in [4.69, 9.17) is 4.55 Å². The van der Waals surface area contributed by atoms with Crippen molar-refractivity contribution in [3.05, 3.63) is 28.7 Å². The molecule has 0 saturated heterocycles. The summed E-state index contributed by atoms with van der Waals surface area (Å²) in [6.07, 6.45) is 0. The predicted octanol–water partition coefficient (Wildman–Crippen LogP) is -0.000500. The summed E-state index contributed by atoms with van der Waals surface area (Å²) in [7, 11) is 0. The van der Waals surface area contributed by atoms with Crippen molar-refractivity contribution in [2.75, 3.05) is 0 Å². The van der Waals surface area contributed by atoms with E-state index >= 15 is 0 Å². The minimum atomic E-state index is -1.86. The van der Waals surface area contributed by atoms with Crippen LogP contribution in [0.1, 0.15) is 0 Å². The molecule has 13 heavy (non-hydrogen) atoms. The Balaban J connectivity index is -0.000000333. The molecule has 0 fully saturated rings. The zero-order valence-electron chi connectivity index (χ0n) is 6.95. The Kier molecular flexibility index (Phi) is 13.8. The summed E-state index contributed by atoms with van der Waals surface area (Å²) in [6, 6.07) is 6.65. The molecule has 1 unspecified atom stereocenters. The number of halogens is 1. The van der Waals surface area contributed by atoms with Gasteiger partial charge in [0.15, 0.2) is 11.1 Å². The number of hydrogen-bond acceptors (Lipinski definition) is 1. The van der Waals surface area contributed by atoms with Crippen LogP contribution >= 0.6 is 15.9 Å². The molecule has 1 aromatic carbocycles. The summed E-state index contributed by atoms with van der Waals surface area (Å²) in [4.78, 5) is 0.420. The van der Waals surface area contributed by atoms with E-state index < -0.39 is 11.1 Å². The molecule has 0 aliphatic carbocycles. The minimum absolute atomic E-state index is 0. The van der Waals surface area contributed by atoms with Crippen molar-refractivity contribution in [2.24, 2.45) is 0 Å². The quantitative estimate of drug-likeness (QED) is 0.578. The van der Waals surface area contributed by atoms with Crippen LogP contribution in [0.15, 0.2) is 33.6 Å². The first-order valence-corrected chi connectivity index (χ1v) is 4.46. The van der Waals surface area contributed by atoms with Crippen LogP contribution < -0.4 is 0 Å². The third-order valence-electron chi connectivity index (χ3n) is 1.02. The van der Waals surface area contributed by atoms with Crippen molar-refractivity contribution >= 4 is 56.6 Å². The normalized spacial score (nSPS) is 10.0. The van der Waals surface area contributed by atoms with Gasteiger partial charge < -0.3 is 15.5 Å². The second-order valence-corrected chi connectivity index (χ2v) is 3.59. The molecular formula is C6H9BrNaO4S. The standard InChI is InChI=1S/C6H5BrO2S.Na.2H2O/c7-5-1-3-6(4-2-5)10(8)9;;;/h1-4H,(H,8,9);;2*1H2. The molecule has 1 radical (unpaired) electrons. The van der Waals surface area contributed by atoms with E-state index in [1.54, 1.807) is 24.3 Å². The van der Waals surface area contributed by atoms with Crippen molar-refractivity contribution in [3.8, 4) is 0 Å². The van der Waals surface area contributed by atoms with Gasteiger partial charge in [0.2, 0.25) is 0 Å². The minimum Gasteiger partial charge on any atom is -0.412 e. The van der Waals surface area contributed by atoms with Gasteiger partial charge in [0.25, 0.3) is 0 Å². The first-order chi connectivity index (χ1) is 4.70. The van der Waals surface area contributed by atoms with Gasteiger partial charge in [-0.05, 0) is 24.3 Å². The Morgan fingerprint density at radius 3 is 1.85 bits per heavy atom. The first-order valence-electron chi connectivity index (χ1n) is 2.56. The summed E-state index contributed by atoms with van der Waals surface area (Å²) < 4.78 is 19.9. The van der Waals surface area contributed by atoms with E-state index in [1.807, 2.05) is 0 Å². The fourth-order valence-corrected chi connectivity index (χ4v) is 1.18. The Morgan fingerprint density at radius 1 is 1.15 bits per heavy atom. The predicted molar refractivity (Wildman–Crippen MR) is 56.2 cm³/mol. The summed E-state index contributed by atoms with van der Waals surface area (Å²) in [6.45, 7) is 0. The SMILES string of the molecule is O.O.O=S(O)c1ccc(Br)cc1.[Na]. The summed E-state index contributed by atoms with van der Waals surface area (Å²) >= 11 is 1.36. The molecule has 1 atom stereocenters. The van der Waals surface area contributed by atoms with Crippen LogP contribution in [0, 0.1) is 0 Å². The van der Waals surface area contributed by atoms with Crippen LogP contribution in [0.3, 0.4) is 0 Å². The molecule has 7 heteroatoms. The van der Waals surface area contributed by atoms with Crippen LogP contribution in [0.25, 0.3) is 0 Å². The van der Waals surface area contributed by atoms with E-state index in [0.717, 1.165) is 4.47 Å². The van der Waals surface area contributed by atoms with Gasteiger partial charge in [0.1, 0.15) is 0 Å². The Labute approximate surface area is 109 Å². The zero-order valence-corrected chi connectivity index (χ0v) is 11.4. The molecule has 5 N–H and O–H groups in total. The Morgan fingerprint density at radius 2 is 1.54 bits per heavy atom. The smallest absolute Gasteiger partial charge is 0.186 e. The molecule has 71 valence electrons. The van der Waals surface area contributed by atoms with Crippen molar-refractivity contribution in [3.63, 3.8) is 0 Å². The Hall–Kier alpha value is 0.730. The number of benzene rings is 1. The number of hydrogen-bond donors (Lipinski definition) is 1.